The quantitative estimate of drug-likeness (QED) is 0.748. The topological polar surface area (TPSA) is 81.1 Å². The predicted octanol–water partition coefficient (Wildman–Crippen LogP) is 1.34. The molecule has 7 nitrogen and oxygen atoms in total. The van der Waals surface area contributed by atoms with Crippen LogP contribution in [-0.4, -0.2) is 24.7 Å². The van der Waals surface area contributed by atoms with E-state index in [1.165, 1.54) is 0 Å². The highest BCUT2D eigenvalue weighted by molar-refractivity contribution is 5.44. The van der Waals surface area contributed by atoms with E-state index < -0.39 is 0 Å². The van der Waals surface area contributed by atoms with Crippen molar-refractivity contribution in [3.63, 3.8) is 0 Å². The number of rotatable bonds is 3. The molecular weight excluding hydrogens is 232 g/mol. The van der Waals surface area contributed by atoms with Crippen LogP contribution in [0.2, 0.25) is 0 Å². The van der Waals surface area contributed by atoms with Crippen LogP contribution in [-0.2, 0) is 6.54 Å². The number of pyridine rings is 1. The predicted molar refractivity (Wildman–Crippen MR) is 64.1 cm³/mol. The Morgan fingerprint density at radius 1 is 1.28 bits per heavy atom. The summed E-state index contributed by atoms with van der Waals surface area (Å²) in [6.07, 6.45) is 0. The standard InChI is InChI=1S/C11H12N6O/c1-7-4-3-5-10-14-11(15-17(7)10)12-6-9-13-8(2)18-16-9/h3-5H,6H2,1-2H3,(H,12,15). The number of nitrogens with zero attached hydrogens (tertiary/aromatic N) is 5. The van der Waals surface area contributed by atoms with Crippen LogP contribution in [0, 0.1) is 13.8 Å². The van der Waals surface area contributed by atoms with Gasteiger partial charge in [-0.15, -0.1) is 5.10 Å². The molecule has 0 aliphatic carbocycles. The van der Waals surface area contributed by atoms with Crippen molar-refractivity contribution in [1.82, 2.24) is 24.7 Å². The van der Waals surface area contributed by atoms with Gasteiger partial charge >= 0.3 is 0 Å². The summed E-state index contributed by atoms with van der Waals surface area (Å²) in [6, 6.07) is 5.84. The van der Waals surface area contributed by atoms with Crippen LogP contribution in [0.25, 0.3) is 5.65 Å². The highest BCUT2D eigenvalue weighted by atomic mass is 16.5. The van der Waals surface area contributed by atoms with Gasteiger partial charge in [-0.2, -0.15) is 9.97 Å². The second kappa shape index (κ2) is 4.10. The molecule has 0 saturated heterocycles. The minimum Gasteiger partial charge on any atom is -0.345 e. The summed E-state index contributed by atoms with van der Waals surface area (Å²) in [5, 5.41) is 11.2. The molecule has 92 valence electrons. The van der Waals surface area contributed by atoms with E-state index in [4.69, 9.17) is 4.52 Å². The lowest BCUT2D eigenvalue weighted by Crippen LogP contribution is -2.03. The Morgan fingerprint density at radius 3 is 2.89 bits per heavy atom. The average Bonchev–Trinajstić information content (AvgIpc) is 2.93. The zero-order valence-corrected chi connectivity index (χ0v) is 10.1. The highest BCUT2D eigenvalue weighted by Gasteiger charge is 2.06. The van der Waals surface area contributed by atoms with Gasteiger partial charge in [0.2, 0.25) is 11.8 Å². The molecule has 0 bridgehead atoms. The van der Waals surface area contributed by atoms with Crippen LogP contribution in [0.5, 0.6) is 0 Å². The molecule has 0 radical (unpaired) electrons. The van der Waals surface area contributed by atoms with Crippen LogP contribution in [0.1, 0.15) is 17.4 Å². The van der Waals surface area contributed by atoms with Gasteiger partial charge in [0.05, 0.1) is 6.54 Å². The Labute approximate surface area is 103 Å². The second-order valence-corrected chi connectivity index (χ2v) is 3.96. The van der Waals surface area contributed by atoms with E-state index in [1.54, 1.807) is 11.4 Å². The largest absolute Gasteiger partial charge is 0.345 e. The van der Waals surface area contributed by atoms with E-state index in [0.717, 1.165) is 11.3 Å². The summed E-state index contributed by atoms with van der Waals surface area (Å²) >= 11 is 0. The van der Waals surface area contributed by atoms with E-state index in [-0.39, 0.29) is 0 Å². The number of aromatic nitrogens is 5. The lowest BCUT2D eigenvalue weighted by Gasteiger charge is -1.95. The molecule has 7 heteroatoms. The molecule has 3 heterocycles. The first-order chi connectivity index (χ1) is 8.72. The molecule has 0 unspecified atom stereocenters. The van der Waals surface area contributed by atoms with Crippen molar-refractivity contribution in [2.24, 2.45) is 0 Å². The van der Waals surface area contributed by atoms with Gasteiger partial charge in [-0.3, -0.25) is 0 Å². The summed E-state index contributed by atoms with van der Waals surface area (Å²) < 4.78 is 6.67. The number of fused-ring (bicyclic) bond motifs is 1. The smallest absolute Gasteiger partial charge is 0.243 e. The molecule has 3 aromatic heterocycles. The third kappa shape index (κ3) is 1.90. The Balaban J connectivity index is 1.81. The normalized spacial score (nSPS) is 11.0. The maximum Gasteiger partial charge on any atom is 0.243 e. The maximum absolute atomic E-state index is 4.88. The van der Waals surface area contributed by atoms with Crippen molar-refractivity contribution in [2.45, 2.75) is 20.4 Å². The Morgan fingerprint density at radius 2 is 2.17 bits per heavy atom. The van der Waals surface area contributed by atoms with Crippen molar-refractivity contribution in [3.8, 4) is 0 Å². The van der Waals surface area contributed by atoms with Gasteiger partial charge in [0.15, 0.2) is 11.5 Å². The molecule has 0 aliphatic heterocycles. The van der Waals surface area contributed by atoms with Gasteiger partial charge in [-0.1, -0.05) is 11.2 Å². The molecule has 0 aliphatic rings. The molecule has 1 N–H and O–H groups in total. The lowest BCUT2D eigenvalue weighted by molar-refractivity contribution is 0.388. The van der Waals surface area contributed by atoms with Crippen molar-refractivity contribution < 1.29 is 4.52 Å². The van der Waals surface area contributed by atoms with E-state index in [1.807, 2.05) is 25.1 Å². The van der Waals surface area contributed by atoms with Gasteiger partial charge in [0, 0.05) is 12.6 Å². The molecule has 0 atom stereocenters. The van der Waals surface area contributed by atoms with Gasteiger partial charge < -0.3 is 9.84 Å². The minimum atomic E-state index is 0.438. The van der Waals surface area contributed by atoms with Crippen molar-refractivity contribution in [3.05, 3.63) is 35.6 Å². The molecule has 0 spiro atoms. The zero-order chi connectivity index (χ0) is 12.5. The SMILES string of the molecule is Cc1nc(CNc2nc3cccc(C)n3n2)no1. The van der Waals surface area contributed by atoms with Crippen LogP contribution in [0.3, 0.4) is 0 Å². The number of hydrogen-bond donors (Lipinski definition) is 1. The van der Waals surface area contributed by atoms with Gasteiger partial charge in [0.25, 0.3) is 0 Å². The molecule has 3 aromatic rings. The number of anilines is 1. The van der Waals surface area contributed by atoms with E-state index in [9.17, 15) is 0 Å². The first-order valence-electron chi connectivity index (χ1n) is 5.58. The fraction of sp³-hybridized carbons (Fsp3) is 0.273. The Kier molecular flexibility index (Phi) is 2.44. The van der Waals surface area contributed by atoms with E-state index >= 15 is 0 Å². The summed E-state index contributed by atoms with van der Waals surface area (Å²) in [5.74, 6) is 1.68. The monoisotopic (exact) mass is 244 g/mol. The third-order valence-corrected chi connectivity index (χ3v) is 2.52. The second-order valence-electron chi connectivity index (χ2n) is 3.96. The minimum absolute atomic E-state index is 0.438. The number of aryl methyl sites for hydroxylation is 2. The van der Waals surface area contributed by atoms with Crippen molar-refractivity contribution in [2.75, 3.05) is 5.32 Å². The Hall–Kier alpha value is -2.44. The molecule has 0 aromatic carbocycles. The number of hydrogen-bond acceptors (Lipinski definition) is 6. The molecular formula is C11H12N6O. The first-order valence-corrected chi connectivity index (χ1v) is 5.58. The first kappa shape index (κ1) is 10.7. The fourth-order valence-electron chi connectivity index (χ4n) is 1.68. The molecule has 0 amide bonds. The summed E-state index contributed by atoms with van der Waals surface area (Å²) in [7, 11) is 0. The molecule has 3 rings (SSSR count). The number of nitrogens with one attached hydrogen (secondary N) is 1. The summed E-state index contributed by atoms with van der Waals surface area (Å²) in [5.41, 5.74) is 1.84. The van der Waals surface area contributed by atoms with Gasteiger partial charge in [0.1, 0.15) is 0 Å². The molecule has 0 fully saturated rings. The summed E-state index contributed by atoms with van der Waals surface area (Å²) in [4.78, 5) is 8.44. The molecule has 18 heavy (non-hydrogen) atoms. The fourth-order valence-corrected chi connectivity index (χ4v) is 1.68. The van der Waals surface area contributed by atoms with Crippen molar-refractivity contribution in [1.29, 1.82) is 0 Å². The van der Waals surface area contributed by atoms with Crippen LogP contribution < -0.4 is 5.32 Å². The van der Waals surface area contributed by atoms with Gasteiger partial charge in [-0.05, 0) is 19.1 Å². The lowest BCUT2D eigenvalue weighted by atomic mass is 10.4. The maximum atomic E-state index is 4.88. The highest BCUT2D eigenvalue weighted by Crippen LogP contribution is 2.08. The van der Waals surface area contributed by atoms with Crippen molar-refractivity contribution >= 4 is 11.6 Å². The van der Waals surface area contributed by atoms with Crippen LogP contribution >= 0.6 is 0 Å². The third-order valence-electron chi connectivity index (χ3n) is 2.52. The van der Waals surface area contributed by atoms with Gasteiger partial charge in [-0.25, -0.2) is 4.52 Å². The van der Waals surface area contributed by atoms with E-state index in [2.05, 4.69) is 25.5 Å². The Bertz CT molecular complexity index is 686. The van der Waals surface area contributed by atoms with E-state index in [0.29, 0.717) is 24.2 Å². The average molecular weight is 244 g/mol. The van der Waals surface area contributed by atoms with Crippen LogP contribution in [0.15, 0.2) is 22.7 Å². The summed E-state index contributed by atoms with van der Waals surface area (Å²) in [6.45, 7) is 4.17. The van der Waals surface area contributed by atoms with Crippen LogP contribution in [0.4, 0.5) is 5.95 Å². The molecule has 0 saturated carbocycles. The zero-order valence-electron chi connectivity index (χ0n) is 10.1.